The first-order chi connectivity index (χ1) is 9.75. The lowest BCUT2D eigenvalue weighted by atomic mass is 9.80. The molecule has 20 heavy (non-hydrogen) atoms. The van der Waals surface area contributed by atoms with Crippen molar-refractivity contribution in [3.8, 4) is 0 Å². The third-order valence-electron chi connectivity index (χ3n) is 4.86. The zero-order valence-electron chi connectivity index (χ0n) is 11.8. The standard InChI is InChI=1S/C17H22O2S/c18-17(19)15-8-3-1-2-6-12(15)10-13-11-20-16-9-5-4-7-14(13)16/h4-5,7,9,12-13,15H,1-3,6,8,10-11H2,(H,18,19). The van der Waals surface area contributed by atoms with E-state index in [0.29, 0.717) is 11.8 Å². The van der Waals surface area contributed by atoms with Crippen molar-refractivity contribution < 1.29 is 9.90 Å². The Balaban J connectivity index is 1.74. The Hall–Kier alpha value is -0.960. The summed E-state index contributed by atoms with van der Waals surface area (Å²) in [6.07, 6.45) is 6.53. The van der Waals surface area contributed by atoms with E-state index in [9.17, 15) is 9.90 Å². The summed E-state index contributed by atoms with van der Waals surface area (Å²) >= 11 is 1.93. The van der Waals surface area contributed by atoms with Crippen LogP contribution in [0.15, 0.2) is 29.2 Å². The minimum atomic E-state index is -0.573. The fraction of sp³-hybridized carbons (Fsp3) is 0.588. The molecule has 3 atom stereocenters. The van der Waals surface area contributed by atoms with Crippen LogP contribution in [-0.2, 0) is 4.79 Å². The van der Waals surface area contributed by atoms with Crippen LogP contribution < -0.4 is 0 Å². The number of hydrogen-bond acceptors (Lipinski definition) is 2. The molecule has 0 aromatic heterocycles. The van der Waals surface area contributed by atoms with Gasteiger partial charge in [-0.2, -0.15) is 0 Å². The number of thioether (sulfide) groups is 1. The smallest absolute Gasteiger partial charge is 0.306 e. The first kappa shape index (κ1) is 14.0. The molecule has 1 aliphatic heterocycles. The van der Waals surface area contributed by atoms with Crippen molar-refractivity contribution >= 4 is 17.7 Å². The molecule has 1 heterocycles. The molecule has 3 rings (SSSR count). The van der Waals surface area contributed by atoms with Gasteiger partial charge >= 0.3 is 5.97 Å². The first-order valence-electron chi connectivity index (χ1n) is 7.70. The molecule has 2 aliphatic rings. The van der Waals surface area contributed by atoms with Gasteiger partial charge in [0, 0.05) is 10.6 Å². The van der Waals surface area contributed by atoms with Gasteiger partial charge in [-0.3, -0.25) is 4.79 Å². The molecule has 1 N–H and O–H groups in total. The molecule has 1 aromatic rings. The molecule has 1 saturated carbocycles. The van der Waals surface area contributed by atoms with Crippen LogP contribution in [0.1, 0.15) is 50.0 Å². The molecule has 3 unspecified atom stereocenters. The minimum Gasteiger partial charge on any atom is -0.481 e. The van der Waals surface area contributed by atoms with E-state index in [-0.39, 0.29) is 5.92 Å². The van der Waals surface area contributed by atoms with E-state index in [0.717, 1.165) is 31.4 Å². The van der Waals surface area contributed by atoms with Gasteiger partial charge in [0.15, 0.2) is 0 Å². The van der Waals surface area contributed by atoms with Gasteiger partial charge in [0.2, 0.25) is 0 Å². The average Bonchev–Trinajstić information content (AvgIpc) is 2.69. The Labute approximate surface area is 125 Å². The summed E-state index contributed by atoms with van der Waals surface area (Å²) in [6, 6.07) is 8.63. The highest BCUT2D eigenvalue weighted by atomic mass is 32.2. The van der Waals surface area contributed by atoms with E-state index >= 15 is 0 Å². The van der Waals surface area contributed by atoms with Gasteiger partial charge in [-0.1, -0.05) is 37.5 Å². The van der Waals surface area contributed by atoms with Gasteiger partial charge in [-0.25, -0.2) is 0 Å². The molecule has 0 saturated heterocycles. The zero-order valence-corrected chi connectivity index (χ0v) is 12.6. The largest absolute Gasteiger partial charge is 0.481 e. The zero-order chi connectivity index (χ0) is 13.9. The maximum Gasteiger partial charge on any atom is 0.306 e. The van der Waals surface area contributed by atoms with Crippen molar-refractivity contribution in [3.63, 3.8) is 0 Å². The Bertz CT molecular complexity index is 486. The van der Waals surface area contributed by atoms with Gasteiger partial charge < -0.3 is 5.11 Å². The van der Waals surface area contributed by atoms with Crippen LogP contribution in [0.25, 0.3) is 0 Å². The van der Waals surface area contributed by atoms with Crippen molar-refractivity contribution in [3.05, 3.63) is 29.8 Å². The van der Waals surface area contributed by atoms with Crippen molar-refractivity contribution in [1.29, 1.82) is 0 Å². The number of carboxylic acids is 1. The van der Waals surface area contributed by atoms with Crippen LogP contribution in [0.3, 0.4) is 0 Å². The van der Waals surface area contributed by atoms with E-state index in [1.54, 1.807) is 0 Å². The van der Waals surface area contributed by atoms with E-state index in [4.69, 9.17) is 0 Å². The number of hydrogen-bond donors (Lipinski definition) is 1. The number of carbonyl (C=O) groups is 1. The minimum absolute atomic E-state index is 0.115. The molecule has 108 valence electrons. The number of rotatable bonds is 3. The van der Waals surface area contributed by atoms with Gasteiger partial charge in [0.25, 0.3) is 0 Å². The lowest BCUT2D eigenvalue weighted by Crippen LogP contribution is -2.24. The van der Waals surface area contributed by atoms with Gasteiger partial charge in [-0.15, -0.1) is 11.8 Å². The van der Waals surface area contributed by atoms with E-state index < -0.39 is 5.97 Å². The van der Waals surface area contributed by atoms with Crippen LogP contribution in [0.5, 0.6) is 0 Å². The highest BCUT2D eigenvalue weighted by Gasteiger charge is 2.33. The maximum atomic E-state index is 11.5. The predicted molar refractivity (Wildman–Crippen MR) is 82.2 cm³/mol. The second-order valence-electron chi connectivity index (χ2n) is 6.12. The summed E-state index contributed by atoms with van der Waals surface area (Å²) in [5, 5.41) is 9.50. The summed E-state index contributed by atoms with van der Waals surface area (Å²) in [7, 11) is 0. The topological polar surface area (TPSA) is 37.3 Å². The SMILES string of the molecule is O=C(O)C1CCCCCC1CC1CSc2ccccc21. The first-order valence-corrected chi connectivity index (χ1v) is 8.69. The molecule has 1 aliphatic carbocycles. The molecule has 2 nitrogen and oxygen atoms in total. The number of benzene rings is 1. The van der Waals surface area contributed by atoms with Crippen molar-refractivity contribution in [2.75, 3.05) is 5.75 Å². The van der Waals surface area contributed by atoms with E-state index in [1.807, 2.05) is 11.8 Å². The normalized spacial score (nSPS) is 29.7. The highest BCUT2D eigenvalue weighted by Crippen LogP contribution is 2.45. The molecule has 0 radical (unpaired) electrons. The van der Waals surface area contributed by atoms with Crippen LogP contribution in [0.4, 0.5) is 0 Å². The molecule has 0 spiro atoms. The van der Waals surface area contributed by atoms with Crippen molar-refractivity contribution in [1.82, 2.24) is 0 Å². The second kappa shape index (κ2) is 6.21. The lowest BCUT2D eigenvalue weighted by molar-refractivity contribution is -0.144. The highest BCUT2D eigenvalue weighted by molar-refractivity contribution is 7.99. The fourth-order valence-corrected chi connectivity index (χ4v) is 5.05. The summed E-state index contributed by atoms with van der Waals surface area (Å²) in [5.41, 5.74) is 1.45. The van der Waals surface area contributed by atoms with Gasteiger partial charge in [0.05, 0.1) is 5.92 Å². The second-order valence-corrected chi connectivity index (χ2v) is 7.19. The molecular formula is C17H22O2S. The van der Waals surface area contributed by atoms with Crippen LogP contribution in [-0.4, -0.2) is 16.8 Å². The summed E-state index contributed by atoms with van der Waals surface area (Å²) in [4.78, 5) is 12.9. The Kier molecular flexibility index (Phi) is 4.35. The predicted octanol–water partition coefficient (Wildman–Crippen LogP) is 4.55. The lowest BCUT2D eigenvalue weighted by Gasteiger charge is -2.24. The Morgan fingerprint density at radius 3 is 2.85 bits per heavy atom. The number of carboxylic acid groups (broad SMARTS) is 1. The third kappa shape index (κ3) is 2.88. The summed E-state index contributed by atoms with van der Waals surface area (Å²) in [5.74, 6) is 1.36. The quantitative estimate of drug-likeness (QED) is 0.830. The number of aliphatic carboxylic acids is 1. The van der Waals surface area contributed by atoms with E-state index in [1.165, 1.54) is 23.3 Å². The Morgan fingerprint density at radius 2 is 2.00 bits per heavy atom. The van der Waals surface area contributed by atoms with E-state index in [2.05, 4.69) is 24.3 Å². The van der Waals surface area contributed by atoms with Gasteiger partial charge in [0.1, 0.15) is 0 Å². The van der Waals surface area contributed by atoms with Gasteiger partial charge in [-0.05, 0) is 42.7 Å². The van der Waals surface area contributed by atoms with Crippen molar-refractivity contribution in [2.24, 2.45) is 11.8 Å². The molecule has 0 bridgehead atoms. The summed E-state index contributed by atoms with van der Waals surface area (Å²) in [6.45, 7) is 0. The maximum absolute atomic E-state index is 11.5. The molecular weight excluding hydrogens is 268 g/mol. The Morgan fingerprint density at radius 1 is 1.20 bits per heavy atom. The summed E-state index contributed by atoms with van der Waals surface area (Å²) < 4.78 is 0. The van der Waals surface area contributed by atoms with Crippen molar-refractivity contribution in [2.45, 2.75) is 49.3 Å². The monoisotopic (exact) mass is 290 g/mol. The van der Waals surface area contributed by atoms with Crippen LogP contribution in [0, 0.1) is 11.8 Å². The van der Waals surface area contributed by atoms with Crippen LogP contribution >= 0.6 is 11.8 Å². The number of fused-ring (bicyclic) bond motifs is 1. The van der Waals surface area contributed by atoms with Crippen LogP contribution in [0.2, 0.25) is 0 Å². The fourth-order valence-electron chi connectivity index (χ4n) is 3.78. The average molecular weight is 290 g/mol. The third-order valence-corrected chi connectivity index (χ3v) is 6.11. The molecule has 0 amide bonds. The molecule has 1 aromatic carbocycles. The molecule has 3 heteroatoms. The molecule has 1 fully saturated rings.